The fourth-order valence-corrected chi connectivity index (χ4v) is 1.98. The molecule has 0 atom stereocenters. The van der Waals surface area contributed by atoms with Crippen molar-refractivity contribution >= 4 is 17.6 Å². The summed E-state index contributed by atoms with van der Waals surface area (Å²) in [5.41, 5.74) is 0.569. The molecule has 0 fully saturated rings. The maximum atomic E-state index is 12.5. The lowest BCUT2D eigenvalue weighted by Crippen LogP contribution is -2.32. The molecule has 0 aliphatic carbocycles. The SMILES string of the molecule is CCN(C(=O)c1nn(C)cc1C(=O)O)c1ccccc1. The van der Waals surface area contributed by atoms with Crippen molar-refractivity contribution in [3.63, 3.8) is 0 Å². The maximum Gasteiger partial charge on any atom is 0.339 e. The van der Waals surface area contributed by atoms with Crippen LogP contribution in [0.15, 0.2) is 36.5 Å². The van der Waals surface area contributed by atoms with E-state index in [1.54, 1.807) is 19.2 Å². The molecule has 0 saturated heterocycles. The summed E-state index contributed by atoms with van der Waals surface area (Å²) >= 11 is 0. The summed E-state index contributed by atoms with van der Waals surface area (Å²) in [5.74, 6) is -1.58. The lowest BCUT2D eigenvalue weighted by atomic mass is 10.2. The van der Waals surface area contributed by atoms with Crippen molar-refractivity contribution in [3.05, 3.63) is 47.8 Å². The van der Waals surface area contributed by atoms with E-state index in [-0.39, 0.29) is 11.3 Å². The van der Waals surface area contributed by atoms with Crippen LogP contribution in [0, 0.1) is 0 Å². The third-order valence-electron chi connectivity index (χ3n) is 2.89. The minimum atomic E-state index is -1.16. The van der Waals surface area contributed by atoms with Gasteiger partial charge in [0, 0.05) is 25.5 Å². The van der Waals surface area contributed by atoms with E-state index in [2.05, 4.69) is 5.10 Å². The molecular weight excluding hydrogens is 258 g/mol. The van der Waals surface area contributed by atoms with Crippen molar-refractivity contribution in [3.8, 4) is 0 Å². The topological polar surface area (TPSA) is 75.4 Å². The standard InChI is InChI=1S/C14H15N3O3/c1-3-17(10-7-5-4-6-8-10)13(18)12-11(14(19)20)9-16(2)15-12/h4-9H,3H2,1-2H3,(H,19,20). The molecule has 1 heterocycles. The number of nitrogens with zero attached hydrogens (tertiary/aromatic N) is 3. The van der Waals surface area contributed by atoms with Gasteiger partial charge in [0.15, 0.2) is 5.69 Å². The van der Waals surface area contributed by atoms with Crippen LogP contribution in [0.2, 0.25) is 0 Å². The van der Waals surface area contributed by atoms with Crippen LogP contribution in [-0.2, 0) is 7.05 Å². The van der Waals surface area contributed by atoms with Crippen molar-refractivity contribution in [2.45, 2.75) is 6.92 Å². The van der Waals surface area contributed by atoms with Crippen LogP contribution in [0.25, 0.3) is 0 Å². The van der Waals surface area contributed by atoms with E-state index in [1.165, 1.54) is 15.8 Å². The molecule has 1 aromatic heterocycles. The van der Waals surface area contributed by atoms with Gasteiger partial charge in [-0.2, -0.15) is 5.10 Å². The number of anilines is 1. The largest absolute Gasteiger partial charge is 0.478 e. The number of aromatic carboxylic acids is 1. The van der Waals surface area contributed by atoms with E-state index in [1.807, 2.05) is 25.1 Å². The van der Waals surface area contributed by atoms with Crippen LogP contribution in [0.5, 0.6) is 0 Å². The van der Waals surface area contributed by atoms with Gasteiger partial charge >= 0.3 is 5.97 Å². The van der Waals surface area contributed by atoms with Gasteiger partial charge in [-0.3, -0.25) is 9.48 Å². The number of rotatable bonds is 4. The number of hydrogen-bond donors (Lipinski definition) is 1. The number of hydrogen-bond acceptors (Lipinski definition) is 3. The summed E-state index contributed by atoms with van der Waals surface area (Å²) in [6.45, 7) is 2.26. The van der Waals surface area contributed by atoms with Crippen LogP contribution < -0.4 is 4.90 Å². The molecule has 0 spiro atoms. The molecule has 1 N–H and O–H groups in total. The third-order valence-corrected chi connectivity index (χ3v) is 2.89. The Morgan fingerprint density at radius 3 is 2.50 bits per heavy atom. The summed E-state index contributed by atoms with van der Waals surface area (Å²) in [6, 6.07) is 9.09. The van der Waals surface area contributed by atoms with E-state index in [4.69, 9.17) is 5.11 Å². The maximum absolute atomic E-state index is 12.5. The molecule has 0 unspecified atom stereocenters. The predicted molar refractivity (Wildman–Crippen MR) is 74.0 cm³/mol. The van der Waals surface area contributed by atoms with Crippen LogP contribution in [0.4, 0.5) is 5.69 Å². The first-order chi connectivity index (χ1) is 9.54. The highest BCUT2D eigenvalue weighted by Gasteiger charge is 2.25. The van der Waals surface area contributed by atoms with Crippen LogP contribution >= 0.6 is 0 Å². The second-order valence-electron chi connectivity index (χ2n) is 4.26. The van der Waals surface area contributed by atoms with Gasteiger partial charge < -0.3 is 10.0 Å². The molecule has 6 heteroatoms. The molecule has 2 aromatic rings. The van der Waals surface area contributed by atoms with Gasteiger partial charge in [0.1, 0.15) is 5.56 Å². The van der Waals surface area contributed by atoms with Gasteiger partial charge in [-0.25, -0.2) is 4.79 Å². The zero-order valence-corrected chi connectivity index (χ0v) is 11.3. The van der Waals surface area contributed by atoms with Crippen molar-refractivity contribution in [2.24, 2.45) is 7.05 Å². The number of aromatic nitrogens is 2. The van der Waals surface area contributed by atoms with E-state index >= 15 is 0 Å². The van der Waals surface area contributed by atoms with Crippen molar-refractivity contribution in [1.82, 2.24) is 9.78 Å². The Morgan fingerprint density at radius 2 is 1.95 bits per heavy atom. The number of carbonyl (C=O) groups excluding carboxylic acids is 1. The van der Waals surface area contributed by atoms with Crippen LogP contribution in [0.3, 0.4) is 0 Å². The summed E-state index contributed by atoms with van der Waals surface area (Å²) < 4.78 is 1.33. The lowest BCUT2D eigenvalue weighted by Gasteiger charge is -2.20. The highest BCUT2D eigenvalue weighted by atomic mass is 16.4. The van der Waals surface area contributed by atoms with Crippen molar-refractivity contribution in [1.29, 1.82) is 0 Å². The molecular formula is C14H15N3O3. The Kier molecular flexibility index (Phi) is 3.84. The average Bonchev–Trinajstić information content (AvgIpc) is 2.83. The summed E-state index contributed by atoms with van der Waals surface area (Å²) in [7, 11) is 1.59. The summed E-state index contributed by atoms with van der Waals surface area (Å²) in [6.07, 6.45) is 1.33. The second-order valence-corrected chi connectivity index (χ2v) is 4.26. The highest BCUT2D eigenvalue weighted by molar-refractivity contribution is 6.10. The van der Waals surface area contributed by atoms with E-state index in [0.29, 0.717) is 12.2 Å². The Hall–Kier alpha value is -2.63. The van der Waals surface area contributed by atoms with Gasteiger partial charge in [-0.1, -0.05) is 18.2 Å². The molecule has 1 aromatic carbocycles. The molecule has 2 rings (SSSR count). The van der Waals surface area contributed by atoms with Gasteiger partial charge in [-0.05, 0) is 19.1 Å². The van der Waals surface area contributed by atoms with Gasteiger partial charge in [0.05, 0.1) is 0 Å². The first-order valence-electron chi connectivity index (χ1n) is 6.18. The Morgan fingerprint density at radius 1 is 1.30 bits per heavy atom. The molecule has 104 valence electrons. The number of carboxylic acids is 1. The van der Waals surface area contributed by atoms with E-state index in [0.717, 1.165) is 0 Å². The monoisotopic (exact) mass is 273 g/mol. The molecule has 0 aliphatic heterocycles. The number of amides is 1. The van der Waals surface area contributed by atoms with Gasteiger partial charge in [-0.15, -0.1) is 0 Å². The number of para-hydroxylation sites is 1. The molecule has 6 nitrogen and oxygen atoms in total. The molecule has 0 saturated carbocycles. The fraction of sp³-hybridized carbons (Fsp3) is 0.214. The quantitative estimate of drug-likeness (QED) is 0.921. The number of carboxylic acid groups (broad SMARTS) is 1. The number of carbonyl (C=O) groups is 2. The lowest BCUT2D eigenvalue weighted by molar-refractivity contribution is 0.0692. The smallest absolute Gasteiger partial charge is 0.339 e. The minimum absolute atomic E-state index is 0.0503. The van der Waals surface area contributed by atoms with Crippen molar-refractivity contribution < 1.29 is 14.7 Å². The molecule has 0 bridgehead atoms. The first-order valence-corrected chi connectivity index (χ1v) is 6.18. The van der Waals surface area contributed by atoms with Crippen LogP contribution in [0.1, 0.15) is 27.8 Å². The van der Waals surface area contributed by atoms with E-state index in [9.17, 15) is 9.59 Å². The highest BCUT2D eigenvalue weighted by Crippen LogP contribution is 2.17. The van der Waals surface area contributed by atoms with Crippen molar-refractivity contribution in [2.75, 3.05) is 11.4 Å². The van der Waals surface area contributed by atoms with Gasteiger partial charge in [0.25, 0.3) is 5.91 Å². The summed E-state index contributed by atoms with van der Waals surface area (Å²) in [4.78, 5) is 25.2. The minimum Gasteiger partial charge on any atom is -0.478 e. The zero-order chi connectivity index (χ0) is 14.7. The molecule has 20 heavy (non-hydrogen) atoms. The Balaban J connectivity index is 2.42. The number of aryl methyl sites for hydroxylation is 1. The fourth-order valence-electron chi connectivity index (χ4n) is 1.98. The Bertz CT molecular complexity index is 634. The molecule has 0 radical (unpaired) electrons. The predicted octanol–water partition coefficient (Wildman–Crippen LogP) is 1.78. The van der Waals surface area contributed by atoms with Crippen LogP contribution in [-0.4, -0.2) is 33.3 Å². The van der Waals surface area contributed by atoms with Gasteiger partial charge in [0.2, 0.25) is 0 Å². The molecule has 1 amide bonds. The average molecular weight is 273 g/mol. The number of benzene rings is 1. The summed E-state index contributed by atoms with van der Waals surface area (Å²) in [5, 5.41) is 13.1. The van der Waals surface area contributed by atoms with E-state index < -0.39 is 11.9 Å². The Labute approximate surface area is 116 Å². The second kappa shape index (κ2) is 5.56. The normalized spacial score (nSPS) is 10.3. The third kappa shape index (κ3) is 2.54. The first kappa shape index (κ1) is 13.8. The zero-order valence-electron chi connectivity index (χ0n) is 11.3. The molecule has 0 aliphatic rings.